The first kappa shape index (κ1) is 16.2. The average Bonchev–Trinajstić information content (AvgIpc) is 2.92. The molecule has 0 bridgehead atoms. The fourth-order valence-corrected chi connectivity index (χ4v) is 4.24. The van der Waals surface area contributed by atoms with E-state index in [0.29, 0.717) is 0 Å². The van der Waals surface area contributed by atoms with E-state index in [2.05, 4.69) is 33.6 Å². The predicted octanol–water partition coefficient (Wildman–Crippen LogP) is 3.96. The van der Waals surface area contributed by atoms with E-state index in [-0.39, 0.29) is 5.91 Å². The monoisotopic (exact) mass is 446 g/mol. The van der Waals surface area contributed by atoms with Gasteiger partial charge in [-0.25, -0.2) is 0 Å². The summed E-state index contributed by atoms with van der Waals surface area (Å²) in [6.45, 7) is 4.30. The van der Waals surface area contributed by atoms with Crippen molar-refractivity contribution in [2.24, 2.45) is 0 Å². The van der Waals surface area contributed by atoms with Gasteiger partial charge in [-0.1, -0.05) is 17.7 Å². The van der Waals surface area contributed by atoms with Crippen LogP contribution in [0.25, 0.3) is 0 Å². The van der Waals surface area contributed by atoms with Crippen LogP contribution in [0.3, 0.4) is 0 Å². The molecule has 116 valence electrons. The minimum Gasteiger partial charge on any atom is -0.336 e. The quantitative estimate of drug-likeness (QED) is 0.666. The Kier molecular flexibility index (Phi) is 5.38. The molecular weight excluding hydrogens is 431 g/mol. The maximum Gasteiger partial charge on any atom is 0.253 e. The number of rotatable bonds is 3. The highest BCUT2D eigenvalue weighted by molar-refractivity contribution is 14.1. The van der Waals surface area contributed by atoms with Gasteiger partial charge in [0.05, 0.1) is 4.34 Å². The number of carbonyl (C=O) groups is 1. The minimum absolute atomic E-state index is 0.136. The van der Waals surface area contributed by atoms with E-state index in [1.807, 2.05) is 35.2 Å². The summed E-state index contributed by atoms with van der Waals surface area (Å²) in [5, 5.41) is 0. The molecule has 3 rings (SSSR count). The van der Waals surface area contributed by atoms with Crippen molar-refractivity contribution >= 4 is 51.4 Å². The van der Waals surface area contributed by atoms with Crippen molar-refractivity contribution in [2.45, 2.75) is 6.54 Å². The van der Waals surface area contributed by atoms with Crippen LogP contribution in [-0.4, -0.2) is 41.9 Å². The summed E-state index contributed by atoms with van der Waals surface area (Å²) in [5.41, 5.74) is 0.783. The molecule has 1 aromatic heterocycles. The van der Waals surface area contributed by atoms with Crippen LogP contribution in [0.1, 0.15) is 15.2 Å². The van der Waals surface area contributed by atoms with Crippen LogP contribution in [-0.2, 0) is 6.54 Å². The van der Waals surface area contributed by atoms with Gasteiger partial charge in [-0.2, -0.15) is 0 Å². The fraction of sp³-hybridized carbons (Fsp3) is 0.312. The second-order valence-corrected chi connectivity index (χ2v) is 8.33. The number of benzene rings is 1. The van der Waals surface area contributed by atoms with Crippen LogP contribution in [0.2, 0.25) is 4.34 Å². The van der Waals surface area contributed by atoms with Crippen molar-refractivity contribution in [3.8, 4) is 0 Å². The van der Waals surface area contributed by atoms with Crippen LogP contribution < -0.4 is 0 Å². The normalized spacial score (nSPS) is 16.0. The highest BCUT2D eigenvalue weighted by Crippen LogP contribution is 2.23. The molecular formula is C16H16ClIN2OS. The van der Waals surface area contributed by atoms with E-state index >= 15 is 0 Å². The summed E-state index contributed by atoms with van der Waals surface area (Å²) < 4.78 is 1.93. The molecule has 22 heavy (non-hydrogen) atoms. The number of halogens is 2. The van der Waals surface area contributed by atoms with Crippen molar-refractivity contribution in [1.82, 2.24) is 9.80 Å². The lowest BCUT2D eigenvalue weighted by molar-refractivity contribution is 0.0629. The lowest BCUT2D eigenvalue weighted by Gasteiger charge is -2.34. The smallest absolute Gasteiger partial charge is 0.253 e. The molecule has 0 unspecified atom stereocenters. The molecule has 0 saturated carbocycles. The molecule has 0 radical (unpaired) electrons. The van der Waals surface area contributed by atoms with Crippen LogP contribution >= 0.6 is 45.5 Å². The number of hydrogen-bond acceptors (Lipinski definition) is 3. The molecule has 1 fully saturated rings. The van der Waals surface area contributed by atoms with Gasteiger partial charge in [-0.15, -0.1) is 11.3 Å². The third kappa shape index (κ3) is 4.01. The number of hydrogen-bond donors (Lipinski definition) is 0. The molecule has 1 aliphatic rings. The third-order valence-electron chi connectivity index (χ3n) is 3.74. The molecule has 2 heterocycles. The number of nitrogens with zero attached hydrogens (tertiary/aromatic N) is 2. The number of carbonyl (C=O) groups excluding carboxylic acids is 1. The van der Waals surface area contributed by atoms with E-state index in [1.165, 1.54) is 4.88 Å². The second-order valence-electron chi connectivity index (χ2n) is 5.28. The summed E-state index contributed by atoms with van der Waals surface area (Å²) in [6, 6.07) is 11.8. The summed E-state index contributed by atoms with van der Waals surface area (Å²) in [5.74, 6) is 0.136. The molecule has 1 saturated heterocycles. The standard InChI is InChI=1S/C16H16ClIN2OS/c17-15-5-4-14(22-15)11-19-6-8-20(9-7-19)16(21)12-2-1-3-13(18)10-12/h1-5,10H,6-9,11H2. The van der Waals surface area contributed by atoms with Gasteiger partial charge in [0.25, 0.3) is 5.91 Å². The van der Waals surface area contributed by atoms with Gasteiger partial charge in [0, 0.05) is 46.7 Å². The Bertz CT molecular complexity index is 668. The Morgan fingerprint density at radius 3 is 2.59 bits per heavy atom. The minimum atomic E-state index is 0.136. The van der Waals surface area contributed by atoms with Gasteiger partial charge in [0.2, 0.25) is 0 Å². The largest absolute Gasteiger partial charge is 0.336 e. The van der Waals surface area contributed by atoms with Gasteiger partial charge in [-0.05, 0) is 52.9 Å². The van der Waals surface area contributed by atoms with Crippen molar-refractivity contribution < 1.29 is 4.79 Å². The summed E-state index contributed by atoms with van der Waals surface area (Å²) in [7, 11) is 0. The van der Waals surface area contributed by atoms with Crippen molar-refractivity contribution in [3.63, 3.8) is 0 Å². The first-order valence-electron chi connectivity index (χ1n) is 7.13. The summed E-state index contributed by atoms with van der Waals surface area (Å²) >= 11 is 9.84. The molecule has 6 heteroatoms. The zero-order valence-corrected chi connectivity index (χ0v) is 15.7. The predicted molar refractivity (Wildman–Crippen MR) is 99.7 cm³/mol. The molecule has 1 amide bonds. The Labute approximate surface area is 153 Å². The second kappa shape index (κ2) is 7.29. The van der Waals surface area contributed by atoms with Crippen LogP contribution in [0.4, 0.5) is 0 Å². The SMILES string of the molecule is O=C(c1cccc(I)c1)N1CCN(Cc2ccc(Cl)s2)CC1. The van der Waals surface area contributed by atoms with Crippen molar-refractivity contribution in [1.29, 1.82) is 0 Å². The van der Waals surface area contributed by atoms with Crippen molar-refractivity contribution in [2.75, 3.05) is 26.2 Å². The molecule has 2 aromatic rings. The fourth-order valence-electron chi connectivity index (χ4n) is 2.57. The maximum atomic E-state index is 12.5. The van der Waals surface area contributed by atoms with Gasteiger partial charge in [0.15, 0.2) is 0 Å². The maximum absolute atomic E-state index is 12.5. The van der Waals surface area contributed by atoms with E-state index in [9.17, 15) is 4.79 Å². The molecule has 0 spiro atoms. The lowest BCUT2D eigenvalue weighted by Crippen LogP contribution is -2.48. The Morgan fingerprint density at radius 2 is 1.95 bits per heavy atom. The molecule has 0 N–H and O–H groups in total. The van der Waals surface area contributed by atoms with Crippen LogP contribution in [0.15, 0.2) is 36.4 Å². The molecule has 0 aliphatic carbocycles. The van der Waals surface area contributed by atoms with Gasteiger partial charge < -0.3 is 4.90 Å². The van der Waals surface area contributed by atoms with Crippen molar-refractivity contribution in [3.05, 3.63) is 54.7 Å². The van der Waals surface area contributed by atoms with Gasteiger partial charge in [0.1, 0.15) is 0 Å². The first-order chi connectivity index (χ1) is 10.6. The summed E-state index contributed by atoms with van der Waals surface area (Å²) in [6.07, 6.45) is 0. The van der Waals surface area contributed by atoms with E-state index < -0.39 is 0 Å². The van der Waals surface area contributed by atoms with Gasteiger partial charge in [-0.3, -0.25) is 9.69 Å². The first-order valence-corrected chi connectivity index (χ1v) is 9.40. The van der Waals surface area contributed by atoms with E-state index in [1.54, 1.807) is 11.3 Å². The lowest BCUT2D eigenvalue weighted by atomic mass is 10.2. The van der Waals surface area contributed by atoms with Crippen LogP contribution in [0, 0.1) is 3.57 Å². The number of thiophene rings is 1. The average molecular weight is 447 g/mol. The zero-order valence-electron chi connectivity index (χ0n) is 12.0. The molecule has 0 atom stereocenters. The molecule has 3 nitrogen and oxygen atoms in total. The highest BCUT2D eigenvalue weighted by atomic mass is 127. The summed E-state index contributed by atoms with van der Waals surface area (Å²) in [4.78, 5) is 18.1. The third-order valence-corrected chi connectivity index (χ3v) is 5.63. The van der Waals surface area contributed by atoms with E-state index in [4.69, 9.17) is 11.6 Å². The van der Waals surface area contributed by atoms with E-state index in [0.717, 1.165) is 46.2 Å². The van der Waals surface area contributed by atoms with Gasteiger partial charge >= 0.3 is 0 Å². The molecule has 1 aromatic carbocycles. The topological polar surface area (TPSA) is 23.6 Å². The number of piperazine rings is 1. The number of amides is 1. The highest BCUT2D eigenvalue weighted by Gasteiger charge is 2.22. The zero-order chi connectivity index (χ0) is 15.5. The molecule has 1 aliphatic heterocycles. The Balaban J connectivity index is 1.56. The Morgan fingerprint density at radius 1 is 1.18 bits per heavy atom. The van der Waals surface area contributed by atoms with Crippen LogP contribution in [0.5, 0.6) is 0 Å². The Hall–Kier alpha value is -0.630.